The molecule has 2 aromatic carbocycles. The molecule has 1 amide bonds. The minimum Gasteiger partial charge on any atom is -0.449 e. The van der Waals surface area contributed by atoms with E-state index in [-0.39, 0.29) is 22.3 Å². The van der Waals surface area contributed by atoms with Crippen LogP contribution in [0.3, 0.4) is 0 Å². The van der Waals surface area contributed by atoms with Gasteiger partial charge in [-0.15, -0.1) is 0 Å². The second-order valence-electron chi connectivity index (χ2n) is 6.62. The number of fused-ring (bicyclic) bond motifs is 1. The maximum atomic E-state index is 12.5. The number of ether oxygens (including phenoxy) is 1. The highest BCUT2D eigenvalue weighted by Crippen LogP contribution is 2.29. The summed E-state index contributed by atoms with van der Waals surface area (Å²) in [4.78, 5) is 34.9. The third-order valence-electron chi connectivity index (χ3n) is 4.72. The highest BCUT2D eigenvalue weighted by molar-refractivity contribution is 6.33. The zero-order chi connectivity index (χ0) is 20.3. The van der Waals surface area contributed by atoms with E-state index in [9.17, 15) is 19.7 Å². The molecule has 7 nitrogen and oxygen atoms in total. The molecule has 0 aromatic heterocycles. The molecule has 1 N–H and O–H groups in total. The highest BCUT2D eigenvalue weighted by Gasteiger charge is 2.26. The number of nitrogens with one attached hydrogen (secondary N) is 1. The molecule has 0 bridgehead atoms. The second-order valence-corrected chi connectivity index (χ2v) is 7.03. The molecule has 8 heteroatoms. The third-order valence-corrected chi connectivity index (χ3v) is 5.04. The van der Waals surface area contributed by atoms with Crippen LogP contribution in [0.4, 0.5) is 5.69 Å². The summed E-state index contributed by atoms with van der Waals surface area (Å²) < 4.78 is 5.20. The van der Waals surface area contributed by atoms with Gasteiger partial charge in [-0.1, -0.05) is 35.9 Å². The first-order chi connectivity index (χ1) is 13.4. The average molecular weight is 403 g/mol. The van der Waals surface area contributed by atoms with Crippen LogP contribution >= 0.6 is 11.6 Å². The molecule has 0 aliphatic heterocycles. The van der Waals surface area contributed by atoms with Crippen molar-refractivity contribution in [2.24, 2.45) is 0 Å². The Morgan fingerprint density at radius 2 is 2.04 bits per heavy atom. The minimum atomic E-state index is -1.03. The van der Waals surface area contributed by atoms with Gasteiger partial charge >= 0.3 is 5.97 Å². The van der Waals surface area contributed by atoms with Crippen LogP contribution in [0.5, 0.6) is 0 Å². The molecule has 0 fully saturated rings. The number of hydrogen-bond donors (Lipinski definition) is 1. The van der Waals surface area contributed by atoms with E-state index < -0.39 is 22.9 Å². The van der Waals surface area contributed by atoms with Crippen LogP contribution in [-0.2, 0) is 16.0 Å². The van der Waals surface area contributed by atoms with E-state index in [1.165, 1.54) is 18.6 Å². The topological polar surface area (TPSA) is 98.5 Å². The van der Waals surface area contributed by atoms with Crippen molar-refractivity contribution < 1.29 is 19.2 Å². The van der Waals surface area contributed by atoms with Gasteiger partial charge in [-0.2, -0.15) is 0 Å². The Bertz CT molecular complexity index is 931. The Morgan fingerprint density at radius 1 is 1.29 bits per heavy atom. The number of nitro benzene ring substituents is 1. The smallest absolute Gasteiger partial charge is 0.340 e. The summed E-state index contributed by atoms with van der Waals surface area (Å²) in [5, 5.41) is 13.6. The summed E-state index contributed by atoms with van der Waals surface area (Å²) in [5.41, 5.74) is 2.03. The number of nitrogens with zero attached hydrogens (tertiary/aromatic N) is 1. The van der Waals surface area contributed by atoms with Crippen molar-refractivity contribution >= 4 is 29.2 Å². The number of carbonyl (C=O) groups excluding carboxylic acids is 2. The van der Waals surface area contributed by atoms with Crippen LogP contribution in [0.15, 0.2) is 42.5 Å². The fourth-order valence-corrected chi connectivity index (χ4v) is 3.51. The summed E-state index contributed by atoms with van der Waals surface area (Å²) in [5.74, 6) is -1.22. The SMILES string of the molecule is CC(OC(=O)c1ccc([N+](=O)[O-])cc1Cl)C(=O)NC1CCCc2ccccc21. The van der Waals surface area contributed by atoms with Crippen molar-refractivity contribution in [2.45, 2.75) is 38.3 Å². The van der Waals surface area contributed by atoms with E-state index in [4.69, 9.17) is 16.3 Å². The maximum Gasteiger partial charge on any atom is 0.340 e. The zero-order valence-electron chi connectivity index (χ0n) is 15.2. The lowest BCUT2D eigenvalue weighted by molar-refractivity contribution is -0.384. The van der Waals surface area contributed by atoms with Gasteiger partial charge in [0.1, 0.15) is 0 Å². The maximum absolute atomic E-state index is 12.5. The lowest BCUT2D eigenvalue weighted by atomic mass is 9.87. The van der Waals surface area contributed by atoms with Crippen LogP contribution in [-0.4, -0.2) is 22.9 Å². The number of nitro groups is 1. The standard InChI is InChI=1S/C20H19ClN2O5/c1-12(28-20(25)16-10-9-14(23(26)27)11-17(16)21)19(24)22-18-8-4-6-13-5-2-3-7-15(13)18/h2-3,5,7,9-12,18H,4,6,8H2,1H3,(H,22,24). The van der Waals surface area contributed by atoms with Crippen molar-refractivity contribution in [1.82, 2.24) is 5.32 Å². The largest absolute Gasteiger partial charge is 0.449 e. The summed E-state index contributed by atoms with van der Waals surface area (Å²) >= 11 is 5.94. The van der Waals surface area contributed by atoms with E-state index in [1.807, 2.05) is 24.3 Å². The molecule has 0 heterocycles. The first-order valence-corrected chi connectivity index (χ1v) is 9.27. The third kappa shape index (κ3) is 4.31. The van der Waals surface area contributed by atoms with Crippen LogP contribution in [0.25, 0.3) is 0 Å². The van der Waals surface area contributed by atoms with E-state index in [0.717, 1.165) is 37.0 Å². The molecule has 2 unspecified atom stereocenters. The van der Waals surface area contributed by atoms with Crippen LogP contribution in [0, 0.1) is 10.1 Å². The van der Waals surface area contributed by atoms with Gasteiger partial charge in [-0.05, 0) is 43.4 Å². The van der Waals surface area contributed by atoms with Crippen LogP contribution in [0.2, 0.25) is 5.02 Å². The fourth-order valence-electron chi connectivity index (χ4n) is 3.25. The molecule has 1 aliphatic carbocycles. The Morgan fingerprint density at radius 3 is 2.75 bits per heavy atom. The van der Waals surface area contributed by atoms with E-state index in [0.29, 0.717) is 0 Å². The van der Waals surface area contributed by atoms with Gasteiger partial charge in [0.2, 0.25) is 0 Å². The molecule has 0 spiro atoms. The monoisotopic (exact) mass is 402 g/mol. The fraction of sp³-hybridized carbons (Fsp3) is 0.300. The van der Waals surface area contributed by atoms with Crippen LogP contribution in [0.1, 0.15) is 47.3 Å². The number of hydrogen-bond acceptors (Lipinski definition) is 5. The number of amides is 1. The molecule has 0 radical (unpaired) electrons. The summed E-state index contributed by atoms with van der Waals surface area (Å²) in [6, 6.07) is 11.3. The van der Waals surface area contributed by atoms with Crippen molar-refractivity contribution in [1.29, 1.82) is 0 Å². The number of non-ortho nitro benzene ring substituents is 1. The second kappa shape index (κ2) is 8.39. The van der Waals surface area contributed by atoms with Gasteiger partial charge in [0.05, 0.1) is 21.6 Å². The Labute approximate surface area is 166 Å². The van der Waals surface area contributed by atoms with Gasteiger partial charge in [0.15, 0.2) is 6.10 Å². The van der Waals surface area contributed by atoms with Crippen LogP contribution < -0.4 is 5.32 Å². The van der Waals surface area contributed by atoms with E-state index >= 15 is 0 Å². The molecule has 2 atom stereocenters. The summed E-state index contributed by atoms with van der Waals surface area (Å²) in [7, 11) is 0. The predicted octanol–water partition coefficient (Wildman–Crippen LogP) is 3.99. The Hall–Kier alpha value is -2.93. The Kier molecular flexibility index (Phi) is 5.94. The number of esters is 1. The van der Waals surface area contributed by atoms with Gasteiger partial charge < -0.3 is 10.1 Å². The number of rotatable bonds is 5. The molecular formula is C20H19ClN2O5. The molecule has 0 saturated heterocycles. The van der Waals surface area contributed by atoms with Gasteiger partial charge in [0.25, 0.3) is 11.6 Å². The van der Waals surface area contributed by atoms with E-state index in [2.05, 4.69) is 5.32 Å². The normalized spacial score (nSPS) is 16.6. The molecule has 146 valence electrons. The molecule has 1 aliphatic rings. The molecule has 3 rings (SSSR count). The quantitative estimate of drug-likeness (QED) is 0.463. The lowest BCUT2D eigenvalue weighted by Gasteiger charge is -2.27. The van der Waals surface area contributed by atoms with Crippen molar-refractivity contribution in [3.63, 3.8) is 0 Å². The first kappa shape index (κ1) is 19.8. The van der Waals surface area contributed by atoms with Crippen molar-refractivity contribution in [2.75, 3.05) is 0 Å². The predicted molar refractivity (Wildman–Crippen MR) is 103 cm³/mol. The van der Waals surface area contributed by atoms with Gasteiger partial charge in [0, 0.05) is 12.1 Å². The number of carbonyl (C=O) groups is 2. The van der Waals surface area contributed by atoms with Gasteiger partial charge in [-0.25, -0.2) is 4.79 Å². The molecule has 0 saturated carbocycles. The molecular weight excluding hydrogens is 384 g/mol. The average Bonchev–Trinajstić information content (AvgIpc) is 2.67. The van der Waals surface area contributed by atoms with Gasteiger partial charge in [-0.3, -0.25) is 14.9 Å². The summed E-state index contributed by atoms with van der Waals surface area (Å²) in [6.07, 6.45) is 1.73. The zero-order valence-corrected chi connectivity index (χ0v) is 15.9. The van der Waals surface area contributed by atoms with Crippen molar-refractivity contribution in [3.8, 4) is 0 Å². The highest BCUT2D eigenvalue weighted by atomic mass is 35.5. The minimum absolute atomic E-state index is 0.0325. The Balaban J connectivity index is 1.65. The van der Waals surface area contributed by atoms with Crippen molar-refractivity contribution in [3.05, 3.63) is 74.3 Å². The number of halogens is 1. The number of benzene rings is 2. The molecule has 28 heavy (non-hydrogen) atoms. The van der Waals surface area contributed by atoms with E-state index in [1.54, 1.807) is 0 Å². The molecule has 2 aromatic rings. The lowest BCUT2D eigenvalue weighted by Crippen LogP contribution is -2.39. The number of aryl methyl sites for hydroxylation is 1. The first-order valence-electron chi connectivity index (χ1n) is 8.90. The summed E-state index contributed by atoms with van der Waals surface area (Å²) in [6.45, 7) is 1.47.